The fraction of sp³-hybridized carbons (Fsp3) is 0.389. The summed E-state index contributed by atoms with van der Waals surface area (Å²) >= 11 is 4.65. The number of amides is 1. The Morgan fingerprint density at radius 1 is 1.37 bits per heavy atom. The maximum atomic E-state index is 12.3. The number of thiazole rings is 1. The molecule has 1 amide bonds. The molecule has 3 N–H and O–H groups in total. The van der Waals surface area contributed by atoms with E-state index in [1.807, 2.05) is 32.9 Å². The third-order valence-electron chi connectivity index (χ3n) is 3.42. The number of hydrogen-bond acceptors (Lipinski definition) is 7. The molecule has 9 heteroatoms. The van der Waals surface area contributed by atoms with Crippen molar-refractivity contribution in [3.05, 3.63) is 32.7 Å². The average molecular weight is 455 g/mol. The summed E-state index contributed by atoms with van der Waals surface area (Å²) in [4.78, 5) is 16.9. The molecular formula is C18H23BrN4O3S. The molecule has 2 aromatic rings. The molecule has 0 aliphatic heterocycles. The smallest absolute Gasteiger partial charge is 0.283 e. The number of aryl methyl sites for hydroxylation is 1. The van der Waals surface area contributed by atoms with Crippen LogP contribution in [-0.4, -0.2) is 30.3 Å². The maximum absolute atomic E-state index is 12.3. The first-order valence-electron chi connectivity index (χ1n) is 8.67. The predicted octanol–water partition coefficient (Wildman–Crippen LogP) is 4.00. The molecule has 7 nitrogen and oxygen atoms in total. The molecule has 0 saturated carbocycles. The molecule has 0 unspecified atom stereocenters. The molecule has 2 rings (SSSR count). The summed E-state index contributed by atoms with van der Waals surface area (Å²) < 4.78 is 12.2. The highest BCUT2D eigenvalue weighted by molar-refractivity contribution is 9.10. The van der Waals surface area contributed by atoms with Gasteiger partial charge in [0.2, 0.25) is 0 Å². The normalized spacial score (nSPS) is 11.0. The lowest BCUT2D eigenvalue weighted by Gasteiger charge is -2.14. The Bertz CT molecular complexity index is 823. The predicted molar refractivity (Wildman–Crippen MR) is 112 cm³/mol. The van der Waals surface area contributed by atoms with Crippen molar-refractivity contribution in [3.8, 4) is 11.5 Å². The minimum Gasteiger partial charge on any atom is -0.490 e. The van der Waals surface area contributed by atoms with E-state index in [0.29, 0.717) is 46.8 Å². The zero-order chi connectivity index (χ0) is 19.8. The molecule has 1 aromatic carbocycles. The SMILES string of the molecule is CCCOc1c(Br)cc(/C=N\NC(=O)c2sc(N)nc2CC)cc1OCC. The van der Waals surface area contributed by atoms with E-state index in [0.717, 1.165) is 27.8 Å². The molecule has 0 aliphatic carbocycles. The molecule has 0 spiro atoms. The number of halogens is 1. The van der Waals surface area contributed by atoms with E-state index in [1.54, 1.807) is 6.21 Å². The molecular weight excluding hydrogens is 432 g/mol. The van der Waals surface area contributed by atoms with Gasteiger partial charge in [0, 0.05) is 0 Å². The number of nitrogens with zero attached hydrogens (tertiary/aromatic N) is 2. The number of nitrogens with two attached hydrogens (primary N) is 1. The van der Waals surface area contributed by atoms with Gasteiger partial charge in [0.25, 0.3) is 5.91 Å². The summed E-state index contributed by atoms with van der Waals surface area (Å²) in [6, 6.07) is 3.67. The van der Waals surface area contributed by atoms with E-state index in [9.17, 15) is 4.79 Å². The van der Waals surface area contributed by atoms with Crippen molar-refractivity contribution in [1.29, 1.82) is 0 Å². The number of benzene rings is 1. The first kappa shape index (κ1) is 21.2. The van der Waals surface area contributed by atoms with Crippen LogP contribution in [0.1, 0.15) is 48.1 Å². The van der Waals surface area contributed by atoms with Crippen molar-refractivity contribution >= 4 is 44.5 Å². The molecule has 27 heavy (non-hydrogen) atoms. The summed E-state index contributed by atoms with van der Waals surface area (Å²) in [7, 11) is 0. The van der Waals surface area contributed by atoms with Gasteiger partial charge in [-0.25, -0.2) is 10.4 Å². The molecule has 0 radical (unpaired) electrons. The lowest BCUT2D eigenvalue weighted by molar-refractivity contribution is 0.0958. The van der Waals surface area contributed by atoms with Crippen LogP contribution in [0.25, 0.3) is 0 Å². The Morgan fingerprint density at radius 2 is 2.15 bits per heavy atom. The lowest BCUT2D eigenvalue weighted by Crippen LogP contribution is -2.17. The van der Waals surface area contributed by atoms with Crippen molar-refractivity contribution in [2.24, 2.45) is 5.10 Å². The maximum Gasteiger partial charge on any atom is 0.283 e. The van der Waals surface area contributed by atoms with Gasteiger partial charge in [-0.2, -0.15) is 5.10 Å². The molecule has 0 fully saturated rings. The van der Waals surface area contributed by atoms with Crippen LogP contribution < -0.4 is 20.6 Å². The minimum absolute atomic E-state index is 0.329. The van der Waals surface area contributed by atoms with Gasteiger partial charge < -0.3 is 15.2 Å². The number of carbonyl (C=O) groups is 1. The number of nitrogen functional groups attached to an aromatic ring is 1. The lowest BCUT2D eigenvalue weighted by atomic mass is 10.2. The van der Waals surface area contributed by atoms with E-state index in [4.69, 9.17) is 15.2 Å². The Morgan fingerprint density at radius 3 is 2.81 bits per heavy atom. The second-order valence-corrected chi connectivity index (χ2v) is 7.38. The summed E-state index contributed by atoms with van der Waals surface area (Å²) in [6.07, 6.45) is 3.07. The van der Waals surface area contributed by atoms with Gasteiger partial charge in [-0.05, 0) is 53.4 Å². The van der Waals surface area contributed by atoms with Crippen LogP contribution in [0.5, 0.6) is 11.5 Å². The Kier molecular flexibility index (Phi) is 8.05. The van der Waals surface area contributed by atoms with Crippen LogP contribution in [0, 0.1) is 0 Å². The van der Waals surface area contributed by atoms with Gasteiger partial charge in [0.15, 0.2) is 16.6 Å². The summed E-state index contributed by atoms with van der Waals surface area (Å²) in [5, 5.41) is 4.40. The molecule has 146 valence electrons. The monoisotopic (exact) mass is 454 g/mol. The minimum atomic E-state index is -0.329. The van der Waals surface area contributed by atoms with Crippen molar-refractivity contribution in [2.75, 3.05) is 18.9 Å². The van der Waals surface area contributed by atoms with Crippen LogP contribution in [0.15, 0.2) is 21.7 Å². The first-order valence-corrected chi connectivity index (χ1v) is 10.3. The van der Waals surface area contributed by atoms with Crippen LogP contribution in [0.4, 0.5) is 5.13 Å². The molecule has 0 aliphatic rings. The van der Waals surface area contributed by atoms with Gasteiger partial charge in [0.05, 0.1) is 29.6 Å². The highest BCUT2D eigenvalue weighted by atomic mass is 79.9. The Hall–Kier alpha value is -2.13. The first-order chi connectivity index (χ1) is 13.0. The third kappa shape index (κ3) is 5.67. The van der Waals surface area contributed by atoms with Crippen molar-refractivity contribution in [1.82, 2.24) is 10.4 Å². The highest BCUT2D eigenvalue weighted by Gasteiger charge is 2.15. The van der Waals surface area contributed by atoms with E-state index in [-0.39, 0.29) is 5.91 Å². The summed E-state index contributed by atoms with van der Waals surface area (Å²) in [6.45, 7) is 6.98. The Labute approximate surface area is 171 Å². The number of rotatable bonds is 9. The molecule has 0 bridgehead atoms. The van der Waals surface area contributed by atoms with E-state index in [2.05, 4.69) is 31.4 Å². The zero-order valence-electron chi connectivity index (χ0n) is 15.5. The standard InChI is InChI=1S/C18H23BrN4O3S/c1-4-7-26-15-12(19)8-11(9-14(15)25-6-3)10-21-23-17(24)16-13(5-2)22-18(20)27-16/h8-10H,4-7H2,1-3H3,(H2,20,22)(H,23,24)/b21-10-. The number of hydrogen-bond donors (Lipinski definition) is 2. The topological polar surface area (TPSA) is 98.8 Å². The van der Waals surface area contributed by atoms with Crippen LogP contribution in [0.3, 0.4) is 0 Å². The largest absolute Gasteiger partial charge is 0.490 e. The fourth-order valence-electron chi connectivity index (χ4n) is 2.27. The third-order valence-corrected chi connectivity index (χ3v) is 4.93. The van der Waals surface area contributed by atoms with Crippen molar-refractivity contribution < 1.29 is 14.3 Å². The van der Waals surface area contributed by atoms with Gasteiger partial charge in [0.1, 0.15) is 4.88 Å². The summed E-state index contributed by atoms with van der Waals surface area (Å²) in [5.74, 6) is 0.952. The van der Waals surface area contributed by atoms with Crippen LogP contribution in [-0.2, 0) is 6.42 Å². The van der Waals surface area contributed by atoms with E-state index < -0.39 is 0 Å². The Balaban J connectivity index is 2.14. The molecule has 1 aromatic heterocycles. The second kappa shape index (κ2) is 10.3. The number of anilines is 1. The quantitative estimate of drug-likeness (QED) is 0.440. The number of hydrazone groups is 1. The van der Waals surface area contributed by atoms with Gasteiger partial charge in [-0.3, -0.25) is 4.79 Å². The fourth-order valence-corrected chi connectivity index (χ4v) is 3.66. The van der Waals surface area contributed by atoms with E-state index >= 15 is 0 Å². The highest BCUT2D eigenvalue weighted by Crippen LogP contribution is 2.36. The number of ether oxygens (including phenoxy) is 2. The van der Waals surface area contributed by atoms with Crippen molar-refractivity contribution in [3.63, 3.8) is 0 Å². The number of carbonyl (C=O) groups excluding carboxylic acids is 1. The number of nitrogens with one attached hydrogen (secondary N) is 1. The zero-order valence-corrected chi connectivity index (χ0v) is 17.9. The van der Waals surface area contributed by atoms with E-state index in [1.165, 1.54) is 0 Å². The number of aromatic nitrogens is 1. The van der Waals surface area contributed by atoms with Gasteiger partial charge in [-0.15, -0.1) is 0 Å². The van der Waals surface area contributed by atoms with Crippen LogP contribution >= 0.6 is 27.3 Å². The molecule has 1 heterocycles. The second-order valence-electron chi connectivity index (χ2n) is 5.49. The van der Waals surface area contributed by atoms with Crippen molar-refractivity contribution in [2.45, 2.75) is 33.6 Å². The van der Waals surface area contributed by atoms with Gasteiger partial charge >= 0.3 is 0 Å². The molecule has 0 saturated heterocycles. The van der Waals surface area contributed by atoms with Gasteiger partial charge in [-0.1, -0.05) is 25.2 Å². The molecule has 0 atom stereocenters. The van der Waals surface area contributed by atoms with Crippen LogP contribution in [0.2, 0.25) is 0 Å². The summed E-state index contributed by atoms with van der Waals surface area (Å²) in [5.41, 5.74) is 9.62. The average Bonchev–Trinajstić information content (AvgIpc) is 3.02.